The van der Waals surface area contributed by atoms with Crippen LogP contribution in [0.4, 0.5) is 5.69 Å². The lowest BCUT2D eigenvalue weighted by atomic mass is 10.2. The molecule has 0 aliphatic heterocycles. The zero-order chi connectivity index (χ0) is 11.3. The van der Waals surface area contributed by atoms with Crippen molar-refractivity contribution in [2.24, 2.45) is 0 Å². The first-order chi connectivity index (χ1) is 7.16. The summed E-state index contributed by atoms with van der Waals surface area (Å²) in [5.74, 6) is 0.857. The van der Waals surface area contributed by atoms with Crippen molar-refractivity contribution in [3.05, 3.63) is 11.5 Å². The van der Waals surface area contributed by atoms with Crippen LogP contribution >= 0.6 is 0 Å². The number of hydrogen-bond donors (Lipinski definition) is 0. The van der Waals surface area contributed by atoms with E-state index in [4.69, 9.17) is 9.78 Å². The Morgan fingerprint density at radius 1 is 1.40 bits per heavy atom. The minimum Gasteiger partial charge on any atom is -0.370 e. The molecule has 0 radical (unpaired) electrons. The lowest BCUT2D eigenvalue weighted by Gasteiger charge is -2.17. The number of hydrogen-bond acceptors (Lipinski definition) is 4. The average Bonchev–Trinajstić information content (AvgIpc) is 2.53. The van der Waals surface area contributed by atoms with E-state index in [1.807, 2.05) is 20.9 Å². The van der Waals surface area contributed by atoms with E-state index in [1.54, 1.807) is 0 Å². The molecule has 1 aromatic heterocycles. The molecule has 15 heavy (non-hydrogen) atoms. The van der Waals surface area contributed by atoms with Crippen molar-refractivity contribution in [1.82, 2.24) is 5.16 Å². The van der Waals surface area contributed by atoms with E-state index in [0.29, 0.717) is 6.42 Å². The highest BCUT2D eigenvalue weighted by atomic mass is 16.5. The van der Waals surface area contributed by atoms with Crippen molar-refractivity contribution in [1.29, 1.82) is 5.26 Å². The molecule has 0 bridgehead atoms. The Kier molecular flexibility index (Phi) is 4.17. The highest BCUT2D eigenvalue weighted by molar-refractivity contribution is 5.51. The summed E-state index contributed by atoms with van der Waals surface area (Å²) in [4.78, 5) is 2.14. The number of unbranched alkanes of at least 4 members (excludes halogenated alkanes) is 2. The molecule has 4 nitrogen and oxygen atoms in total. The van der Waals surface area contributed by atoms with Gasteiger partial charge in [-0.2, -0.15) is 5.26 Å². The molecule has 82 valence electrons. The third-order valence-corrected chi connectivity index (χ3v) is 2.41. The van der Waals surface area contributed by atoms with Crippen molar-refractivity contribution < 1.29 is 4.52 Å². The minimum atomic E-state index is 0.634. The molecule has 0 atom stereocenters. The maximum Gasteiger partial charge on any atom is 0.157 e. The molecule has 0 aliphatic carbocycles. The number of nitriles is 1. The topological polar surface area (TPSA) is 53.1 Å². The largest absolute Gasteiger partial charge is 0.370 e. The molecule has 1 rings (SSSR count). The second kappa shape index (κ2) is 5.40. The standard InChI is InChI=1S/C11H17N3O/c1-9-11(10(2)15-13-9)14(3)8-6-4-5-7-12/h4-6,8H2,1-3H3. The van der Waals surface area contributed by atoms with Gasteiger partial charge in [0.25, 0.3) is 0 Å². The van der Waals surface area contributed by atoms with E-state index in [2.05, 4.69) is 16.1 Å². The molecule has 0 saturated heterocycles. The molecule has 0 N–H and O–H groups in total. The van der Waals surface area contributed by atoms with Crippen LogP contribution in [0.3, 0.4) is 0 Å². The number of rotatable bonds is 5. The molecule has 0 fully saturated rings. The van der Waals surface area contributed by atoms with Crippen molar-refractivity contribution >= 4 is 5.69 Å². The summed E-state index contributed by atoms with van der Waals surface area (Å²) in [6.45, 7) is 4.79. The minimum absolute atomic E-state index is 0.634. The number of nitrogens with zero attached hydrogens (tertiary/aromatic N) is 3. The molecule has 0 spiro atoms. The Morgan fingerprint density at radius 3 is 2.67 bits per heavy atom. The van der Waals surface area contributed by atoms with E-state index in [9.17, 15) is 0 Å². The quantitative estimate of drug-likeness (QED) is 0.696. The first kappa shape index (κ1) is 11.6. The third kappa shape index (κ3) is 2.98. The van der Waals surface area contributed by atoms with Gasteiger partial charge in [0, 0.05) is 20.0 Å². The number of aryl methyl sites for hydroxylation is 2. The molecule has 0 aromatic carbocycles. The van der Waals surface area contributed by atoms with Crippen molar-refractivity contribution in [3.8, 4) is 6.07 Å². The molecule has 1 aromatic rings. The number of anilines is 1. The van der Waals surface area contributed by atoms with E-state index in [0.717, 1.165) is 36.5 Å². The summed E-state index contributed by atoms with van der Waals surface area (Å²) in [5.41, 5.74) is 2.00. The lowest BCUT2D eigenvalue weighted by molar-refractivity contribution is 0.393. The van der Waals surface area contributed by atoms with Gasteiger partial charge in [-0.25, -0.2) is 0 Å². The fourth-order valence-corrected chi connectivity index (χ4v) is 1.69. The SMILES string of the molecule is Cc1noc(C)c1N(C)CCCCC#N. The van der Waals surface area contributed by atoms with Crippen LogP contribution in [0.15, 0.2) is 4.52 Å². The van der Waals surface area contributed by atoms with Crippen molar-refractivity contribution in [2.75, 3.05) is 18.5 Å². The smallest absolute Gasteiger partial charge is 0.157 e. The van der Waals surface area contributed by atoms with Crippen molar-refractivity contribution in [2.45, 2.75) is 33.1 Å². The van der Waals surface area contributed by atoms with Crippen LogP contribution < -0.4 is 4.90 Å². The first-order valence-electron chi connectivity index (χ1n) is 5.17. The predicted octanol–water partition coefficient (Wildman–Crippen LogP) is 2.42. The average molecular weight is 207 g/mol. The van der Waals surface area contributed by atoms with Gasteiger partial charge in [0.2, 0.25) is 0 Å². The first-order valence-corrected chi connectivity index (χ1v) is 5.17. The van der Waals surface area contributed by atoms with Gasteiger partial charge in [-0.05, 0) is 26.7 Å². The van der Waals surface area contributed by atoms with E-state index < -0.39 is 0 Å². The summed E-state index contributed by atoms with van der Waals surface area (Å²) in [6, 6.07) is 2.15. The summed E-state index contributed by atoms with van der Waals surface area (Å²) in [5, 5.41) is 12.3. The van der Waals surface area contributed by atoms with Crippen LogP contribution in [0.5, 0.6) is 0 Å². The van der Waals surface area contributed by atoms with E-state index >= 15 is 0 Å². The normalized spacial score (nSPS) is 10.0. The predicted molar refractivity (Wildman–Crippen MR) is 58.7 cm³/mol. The Hall–Kier alpha value is -1.50. The van der Waals surface area contributed by atoms with Gasteiger partial charge in [0.1, 0.15) is 11.4 Å². The summed E-state index contributed by atoms with van der Waals surface area (Å²) < 4.78 is 5.10. The second-order valence-corrected chi connectivity index (χ2v) is 3.71. The van der Waals surface area contributed by atoms with Gasteiger partial charge in [-0.1, -0.05) is 5.16 Å². The molecular formula is C11H17N3O. The van der Waals surface area contributed by atoms with Crippen LogP contribution in [-0.2, 0) is 0 Å². The molecule has 0 unspecified atom stereocenters. The molecule has 4 heteroatoms. The zero-order valence-corrected chi connectivity index (χ0v) is 9.58. The van der Waals surface area contributed by atoms with Crippen molar-refractivity contribution in [3.63, 3.8) is 0 Å². The van der Waals surface area contributed by atoms with Gasteiger partial charge in [-0.3, -0.25) is 0 Å². The highest BCUT2D eigenvalue weighted by Gasteiger charge is 2.12. The third-order valence-electron chi connectivity index (χ3n) is 2.41. The summed E-state index contributed by atoms with van der Waals surface area (Å²) >= 11 is 0. The van der Waals surface area contributed by atoms with Crippen LogP contribution in [-0.4, -0.2) is 18.7 Å². The molecule has 1 heterocycles. The van der Waals surface area contributed by atoms with Crippen LogP contribution in [0.25, 0.3) is 0 Å². The molecule has 0 amide bonds. The van der Waals surface area contributed by atoms with Crippen LogP contribution in [0, 0.1) is 25.2 Å². The lowest BCUT2D eigenvalue weighted by Crippen LogP contribution is -2.19. The van der Waals surface area contributed by atoms with Gasteiger partial charge < -0.3 is 9.42 Å². The monoisotopic (exact) mass is 207 g/mol. The second-order valence-electron chi connectivity index (χ2n) is 3.71. The Morgan fingerprint density at radius 2 is 2.13 bits per heavy atom. The fraction of sp³-hybridized carbons (Fsp3) is 0.636. The Bertz CT molecular complexity index is 332. The Balaban J connectivity index is 2.47. The van der Waals surface area contributed by atoms with E-state index in [1.165, 1.54) is 0 Å². The number of aromatic nitrogens is 1. The summed E-state index contributed by atoms with van der Waals surface area (Å²) in [6.07, 6.45) is 2.60. The maximum atomic E-state index is 8.42. The summed E-state index contributed by atoms with van der Waals surface area (Å²) in [7, 11) is 2.03. The van der Waals surface area contributed by atoms with Crippen LogP contribution in [0.2, 0.25) is 0 Å². The Labute approximate surface area is 90.5 Å². The highest BCUT2D eigenvalue weighted by Crippen LogP contribution is 2.22. The maximum absolute atomic E-state index is 8.42. The van der Waals surface area contributed by atoms with Gasteiger partial charge in [0.15, 0.2) is 5.76 Å². The molecule has 0 aliphatic rings. The van der Waals surface area contributed by atoms with E-state index in [-0.39, 0.29) is 0 Å². The van der Waals surface area contributed by atoms with Gasteiger partial charge in [0.05, 0.1) is 6.07 Å². The van der Waals surface area contributed by atoms with Crippen LogP contribution in [0.1, 0.15) is 30.7 Å². The van der Waals surface area contributed by atoms with Gasteiger partial charge >= 0.3 is 0 Å². The molecule has 0 saturated carbocycles. The van der Waals surface area contributed by atoms with Gasteiger partial charge in [-0.15, -0.1) is 0 Å². The zero-order valence-electron chi connectivity index (χ0n) is 9.58. The fourth-order valence-electron chi connectivity index (χ4n) is 1.69. The molecular weight excluding hydrogens is 190 g/mol.